The van der Waals surface area contributed by atoms with Crippen molar-refractivity contribution in [2.24, 2.45) is 5.73 Å². The van der Waals surface area contributed by atoms with Gasteiger partial charge < -0.3 is 10.6 Å². The highest BCUT2D eigenvalue weighted by Gasteiger charge is 2.33. The zero-order valence-corrected chi connectivity index (χ0v) is 16.7. The Kier molecular flexibility index (Phi) is 6.39. The van der Waals surface area contributed by atoms with Crippen LogP contribution in [0.3, 0.4) is 0 Å². The van der Waals surface area contributed by atoms with Gasteiger partial charge in [0.2, 0.25) is 11.8 Å². The summed E-state index contributed by atoms with van der Waals surface area (Å²) in [6, 6.07) is 8.21. The van der Waals surface area contributed by atoms with E-state index >= 15 is 0 Å². The van der Waals surface area contributed by atoms with Crippen molar-refractivity contribution in [1.82, 2.24) is 4.90 Å². The molecule has 0 atom stereocenters. The molecule has 1 aliphatic rings. The monoisotopic (exact) mass is 437 g/mol. The molecule has 0 saturated heterocycles. The Hall–Kier alpha value is -2.65. The van der Waals surface area contributed by atoms with Crippen LogP contribution in [-0.2, 0) is 11.3 Å². The molecule has 7 nitrogen and oxygen atoms in total. The number of amides is 2. The second kappa shape index (κ2) is 8.79. The van der Waals surface area contributed by atoms with Crippen LogP contribution < -0.4 is 5.73 Å². The molecule has 0 radical (unpaired) electrons. The minimum Gasteiger partial charge on any atom is -0.366 e. The lowest BCUT2D eigenvalue weighted by Crippen LogP contribution is -2.34. The molecular weight excluding hydrogens is 421 g/mol. The Bertz CT molecular complexity index is 964. The fraction of sp³-hybridized carbons (Fsp3) is 0.263. The van der Waals surface area contributed by atoms with Gasteiger partial charge in [0, 0.05) is 28.3 Å². The predicted octanol–water partition coefficient (Wildman–Crippen LogP) is 3.77. The van der Waals surface area contributed by atoms with Gasteiger partial charge in [-0.15, -0.1) is 11.8 Å². The third-order valence-corrected chi connectivity index (χ3v) is 5.89. The van der Waals surface area contributed by atoms with Crippen LogP contribution in [0.4, 0.5) is 10.1 Å². The standard InChI is InChI=1S/C19H17ClFN3O4S/c20-14-2-1-3-15(21)13(14)9-23(12-5-6-12)18(25)10-29-17-7-4-11(19(22)26)8-16(17)24(27)28/h1-4,7-8,12H,5-6,9-10H2,(H2,22,26). The second-order valence-electron chi connectivity index (χ2n) is 6.55. The number of primary amides is 1. The molecule has 152 valence electrons. The van der Waals surface area contributed by atoms with E-state index in [9.17, 15) is 24.1 Å². The minimum absolute atomic E-state index is 0.00555. The number of benzene rings is 2. The summed E-state index contributed by atoms with van der Waals surface area (Å²) < 4.78 is 14.1. The number of nitrogens with two attached hydrogens (primary N) is 1. The molecule has 2 aromatic carbocycles. The van der Waals surface area contributed by atoms with Gasteiger partial charge >= 0.3 is 0 Å². The molecule has 10 heteroatoms. The van der Waals surface area contributed by atoms with E-state index in [1.807, 2.05) is 0 Å². The first-order chi connectivity index (χ1) is 13.8. The fourth-order valence-electron chi connectivity index (χ4n) is 2.82. The van der Waals surface area contributed by atoms with Crippen molar-refractivity contribution in [2.75, 3.05) is 5.75 Å². The molecule has 0 aromatic heterocycles. The quantitative estimate of drug-likeness (QED) is 0.384. The number of thioether (sulfide) groups is 1. The lowest BCUT2D eigenvalue weighted by atomic mass is 10.2. The number of hydrogen-bond acceptors (Lipinski definition) is 5. The molecule has 3 rings (SSSR count). The smallest absolute Gasteiger partial charge is 0.283 e. The number of nitrogens with zero attached hydrogens (tertiary/aromatic N) is 2. The first kappa shape index (κ1) is 21.1. The van der Waals surface area contributed by atoms with Gasteiger partial charge in [-0.05, 0) is 37.1 Å². The maximum absolute atomic E-state index is 14.1. The number of hydrogen-bond donors (Lipinski definition) is 1. The van der Waals surface area contributed by atoms with E-state index in [1.165, 1.54) is 24.3 Å². The van der Waals surface area contributed by atoms with Gasteiger partial charge in [0.25, 0.3) is 5.69 Å². The molecule has 0 heterocycles. The molecule has 0 spiro atoms. The van der Waals surface area contributed by atoms with Crippen LogP contribution in [-0.4, -0.2) is 33.4 Å². The van der Waals surface area contributed by atoms with E-state index in [-0.39, 0.29) is 51.0 Å². The Morgan fingerprint density at radius 3 is 2.62 bits per heavy atom. The van der Waals surface area contributed by atoms with E-state index in [1.54, 1.807) is 11.0 Å². The first-order valence-corrected chi connectivity index (χ1v) is 10.1. The highest BCUT2D eigenvalue weighted by atomic mass is 35.5. The number of halogens is 2. The van der Waals surface area contributed by atoms with E-state index in [0.717, 1.165) is 30.7 Å². The third-order valence-electron chi connectivity index (χ3n) is 4.49. The molecular formula is C19H17ClFN3O4S. The van der Waals surface area contributed by atoms with Gasteiger partial charge in [0.15, 0.2) is 0 Å². The molecule has 2 amide bonds. The first-order valence-electron chi connectivity index (χ1n) is 8.71. The number of carbonyl (C=O) groups excluding carboxylic acids is 2. The Balaban J connectivity index is 1.75. The Morgan fingerprint density at radius 1 is 1.31 bits per heavy atom. The normalized spacial score (nSPS) is 13.2. The number of nitro groups is 1. The van der Waals surface area contributed by atoms with Crippen LogP contribution in [0.2, 0.25) is 5.02 Å². The molecule has 1 fully saturated rings. The highest BCUT2D eigenvalue weighted by molar-refractivity contribution is 8.00. The average molecular weight is 438 g/mol. The molecule has 0 unspecified atom stereocenters. The predicted molar refractivity (Wildman–Crippen MR) is 107 cm³/mol. The fourth-order valence-corrected chi connectivity index (χ4v) is 3.93. The summed E-state index contributed by atoms with van der Waals surface area (Å²) in [4.78, 5) is 36.5. The summed E-state index contributed by atoms with van der Waals surface area (Å²) >= 11 is 7.06. The Morgan fingerprint density at radius 2 is 2.03 bits per heavy atom. The van der Waals surface area contributed by atoms with Crippen LogP contribution in [0.25, 0.3) is 0 Å². The molecule has 2 N–H and O–H groups in total. The van der Waals surface area contributed by atoms with E-state index in [0.29, 0.717) is 0 Å². The Labute approximate surface area is 175 Å². The molecule has 0 bridgehead atoms. The van der Waals surface area contributed by atoms with Crippen LogP contribution >= 0.6 is 23.4 Å². The third kappa shape index (κ3) is 5.04. The SMILES string of the molecule is NC(=O)c1ccc(SCC(=O)N(Cc2c(F)cccc2Cl)C2CC2)c([N+](=O)[O-])c1. The molecule has 1 saturated carbocycles. The summed E-state index contributed by atoms with van der Waals surface area (Å²) in [6.45, 7) is 0.0400. The minimum atomic E-state index is -0.776. The van der Waals surface area contributed by atoms with Crippen LogP contribution in [0, 0.1) is 15.9 Å². The number of carbonyl (C=O) groups is 2. The van der Waals surface area contributed by atoms with E-state index < -0.39 is 16.6 Å². The van der Waals surface area contributed by atoms with Crippen molar-refractivity contribution in [3.8, 4) is 0 Å². The molecule has 0 aliphatic heterocycles. The lowest BCUT2D eigenvalue weighted by Gasteiger charge is -2.23. The van der Waals surface area contributed by atoms with Crippen molar-refractivity contribution in [3.05, 3.63) is 68.5 Å². The van der Waals surface area contributed by atoms with Gasteiger partial charge in [-0.25, -0.2) is 4.39 Å². The molecule has 1 aliphatic carbocycles. The van der Waals surface area contributed by atoms with Crippen molar-refractivity contribution < 1.29 is 18.9 Å². The van der Waals surface area contributed by atoms with Crippen molar-refractivity contribution in [3.63, 3.8) is 0 Å². The summed E-state index contributed by atoms with van der Waals surface area (Å²) in [5.74, 6) is -1.60. The molecule has 2 aromatic rings. The maximum atomic E-state index is 14.1. The summed E-state index contributed by atoms with van der Waals surface area (Å²) in [5.41, 5.74) is 5.13. The zero-order valence-electron chi connectivity index (χ0n) is 15.1. The van der Waals surface area contributed by atoms with Gasteiger partial charge in [0.1, 0.15) is 5.82 Å². The van der Waals surface area contributed by atoms with Crippen LogP contribution in [0.15, 0.2) is 41.3 Å². The topological polar surface area (TPSA) is 107 Å². The summed E-state index contributed by atoms with van der Waals surface area (Å²) in [5, 5.41) is 11.5. The van der Waals surface area contributed by atoms with Crippen molar-refractivity contribution >= 4 is 40.9 Å². The van der Waals surface area contributed by atoms with Crippen LogP contribution in [0.1, 0.15) is 28.8 Å². The van der Waals surface area contributed by atoms with Gasteiger partial charge in [0.05, 0.1) is 22.1 Å². The number of rotatable bonds is 8. The van der Waals surface area contributed by atoms with E-state index in [4.69, 9.17) is 17.3 Å². The average Bonchev–Trinajstić information content (AvgIpc) is 3.50. The number of nitro benzene ring substituents is 1. The zero-order chi connectivity index (χ0) is 21.1. The van der Waals surface area contributed by atoms with Gasteiger partial charge in [-0.2, -0.15) is 0 Å². The largest absolute Gasteiger partial charge is 0.366 e. The second-order valence-corrected chi connectivity index (χ2v) is 7.97. The molecule has 29 heavy (non-hydrogen) atoms. The van der Waals surface area contributed by atoms with Gasteiger partial charge in [-0.1, -0.05) is 17.7 Å². The van der Waals surface area contributed by atoms with Crippen molar-refractivity contribution in [2.45, 2.75) is 30.3 Å². The van der Waals surface area contributed by atoms with Crippen LogP contribution in [0.5, 0.6) is 0 Å². The van der Waals surface area contributed by atoms with Gasteiger partial charge in [-0.3, -0.25) is 19.7 Å². The summed E-state index contributed by atoms with van der Waals surface area (Å²) in [7, 11) is 0. The summed E-state index contributed by atoms with van der Waals surface area (Å²) in [6.07, 6.45) is 1.63. The lowest BCUT2D eigenvalue weighted by molar-refractivity contribution is -0.387. The highest BCUT2D eigenvalue weighted by Crippen LogP contribution is 2.34. The van der Waals surface area contributed by atoms with Crippen molar-refractivity contribution in [1.29, 1.82) is 0 Å². The van der Waals surface area contributed by atoms with E-state index in [2.05, 4.69) is 0 Å². The maximum Gasteiger partial charge on any atom is 0.283 e.